The fraction of sp³-hybridized carbons (Fsp3) is 0. The summed E-state index contributed by atoms with van der Waals surface area (Å²) in [7, 11) is -10.0. The third kappa shape index (κ3) is 4.29. The third-order valence-electron chi connectivity index (χ3n) is 3.92. The Morgan fingerprint density at radius 1 is 0.633 bits per heavy atom. The van der Waals surface area contributed by atoms with E-state index in [-0.39, 0.29) is 59.1 Å². The van der Waals surface area contributed by atoms with Crippen LogP contribution in [0.15, 0.2) is 31.7 Å². The van der Waals surface area contributed by atoms with Crippen molar-refractivity contribution >= 4 is 57.1 Å². The summed E-state index contributed by atoms with van der Waals surface area (Å²) in [5.41, 5.74) is -3.14. The maximum atomic E-state index is 12.8. The molecule has 0 amide bonds. The van der Waals surface area contributed by atoms with Crippen molar-refractivity contribution in [3.63, 3.8) is 0 Å². The van der Waals surface area contributed by atoms with E-state index in [1.165, 1.54) is 0 Å². The fourth-order valence-electron chi connectivity index (χ4n) is 2.79. The van der Waals surface area contributed by atoms with Gasteiger partial charge in [-0.05, 0) is 0 Å². The van der Waals surface area contributed by atoms with Crippen molar-refractivity contribution in [2.75, 3.05) is 0 Å². The van der Waals surface area contributed by atoms with E-state index in [4.69, 9.17) is 25.3 Å². The van der Waals surface area contributed by atoms with Gasteiger partial charge in [0, 0.05) is 11.1 Å². The SMILES string of the molecule is O=C1c2c([S-])cc(S(=O)(=O)O)c(O)c2C(=O)c2c([S-])cc(S(=O)(=O)O)c(O)c21.[Na+].[Na+]. The van der Waals surface area contributed by atoms with E-state index in [1.807, 2.05) is 0 Å². The third-order valence-corrected chi connectivity index (χ3v) is 6.30. The minimum absolute atomic E-state index is 0. The van der Waals surface area contributed by atoms with Crippen molar-refractivity contribution in [1.82, 2.24) is 0 Å². The number of rotatable bonds is 2. The molecule has 0 bridgehead atoms. The average molecular weight is 508 g/mol. The van der Waals surface area contributed by atoms with Gasteiger partial charge in [-0.15, -0.1) is 0 Å². The molecule has 0 saturated carbocycles. The Morgan fingerprint density at radius 2 is 0.900 bits per heavy atom. The molecule has 16 heteroatoms. The van der Waals surface area contributed by atoms with Crippen LogP contribution < -0.4 is 59.1 Å². The van der Waals surface area contributed by atoms with Crippen molar-refractivity contribution in [3.05, 3.63) is 34.4 Å². The van der Waals surface area contributed by atoms with Crippen LogP contribution in [0.5, 0.6) is 11.5 Å². The Morgan fingerprint density at radius 3 is 1.13 bits per heavy atom. The van der Waals surface area contributed by atoms with Crippen molar-refractivity contribution in [2.24, 2.45) is 0 Å². The van der Waals surface area contributed by atoms with Crippen LogP contribution in [0.4, 0.5) is 0 Å². The zero-order valence-corrected chi connectivity index (χ0v) is 22.3. The molecular weight excluding hydrogens is 502 g/mol. The van der Waals surface area contributed by atoms with Crippen molar-refractivity contribution in [3.8, 4) is 11.5 Å². The summed E-state index contributed by atoms with van der Waals surface area (Å²) in [4.78, 5) is 22.2. The first-order valence-corrected chi connectivity index (χ1v) is 10.6. The topological polar surface area (TPSA) is 183 Å². The van der Waals surface area contributed by atoms with Crippen LogP contribution in [0.1, 0.15) is 31.8 Å². The second-order valence-electron chi connectivity index (χ2n) is 5.55. The van der Waals surface area contributed by atoms with Gasteiger partial charge in [-0.1, -0.05) is 12.1 Å². The number of phenols is 2. The standard InChI is InChI=1S/C14H8O10S4.2Na/c15-11-5(27(19,20)21)1-3(25)7-9(11)14(18)8-4(26)2-6(28(22,23)24)12(16)10(8)13(7)17;;/h1-2,15-16,25-26H,(H,19,20,21)(H,22,23,24);;/q;2*+1/p-2. The Balaban J connectivity index is 0.00000225. The maximum absolute atomic E-state index is 12.8. The number of aromatic hydroxyl groups is 2. The van der Waals surface area contributed by atoms with Crippen LogP contribution in [0.3, 0.4) is 0 Å². The molecule has 30 heavy (non-hydrogen) atoms. The number of carbonyl (C=O) groups is 2. The Kier molecular flexibility index (Phi) is 8.19. The number of hydrogen-bond acceptors (Lipinski definition) is 10. The fourth-order valence-corrected chi connectivity index (χ4v) is 4.79. The van der Waals surface area contributed by atoms with E-state index in [2.05, 4.69) is 0 Å². The predicted molar refractivity (Wildman–Crippen MR) is 94.0 cm³/mol. The zero-order chi connectivity index (χ0) is 21.3. The van der Waals surface area contributed by atoms with Gasteiger partial charge in [0.05, 0.1) is 11.1 Å². The molecule has 3 rings (SSSR count). The molecule has 0 atom stereocenters. The number of benzene rings is 2. The Hall–Kier alpha value is -0.360. The van der Waals surface area contributed by atoms with Gasteiger partial charge in [0.1, 0.15) is 21.3 Å². The maximum Gasteiger partial charge on any atom is 1.00 e. The number of ketones is 2. The molecule has 0 heterocycles. The monoisotopic (exact) mass is 508 g/mol. The van der Waals surface area contributed by atoms with Crippen LogP contribution >= 0.6 is 0 Å². The molecule has 0 fully saturated rings. The summed E-state index contributed by atoms with van der Waals surface area (Å²) in [5.74, 6) is -4.99. The molecule has 0 spiro atoms. The molecule has 1 aliphatic carbocycles. The first-order valence-electron chi connectivity index (χ1n) is 6.86. The van der Waals surface area contributed by atoms with Crippen LogP contribution in [0.2, 0.25) is 0 Å². The van der Waals surface area contributed by atoms with Gasteiger partial charge < -0.3 is 35.5 Å². The molecule has 2 aromatic rings. The molecule has 1 aliphatic rings. The van der Waals surface area contributed by atoms with E-state index in [1.54, 1.807) is 0 Å². The molecule has 0 aromatic heterocycles. The smallest absolute Gasteiger partial charge is 0.779 e. The number of fused-ring (bicyclic) bond motifs is 2. The van der Waals surface area contributed by atoms with Crippen LogP contribution in [-0.2, 0) is 45.5 Å². The van der Waals surface area contributed by atoms with E-state index >= 15 is 0 Å². The summed E-state index contributed by atoms with van der Waals surface area (Å²) >= 11 is 9.72. The molecule has 0 radical (unpaired) electrons. The molecule has 4 N–H and O–H groups in total. The quantitative estimate of drug-likeness (QED) is 0.146. The second kappa shape index (κ2) is 8.88. The molecule has 2 aromatic carbocycles. The Bertz CT molecular complexity index is 1230. The van der Waals surface area contributed by atoms with Crippen LogP contribution in [0, 0.1) is 0 Å². The Labute approximate surface area is 225 Å². The normalized spacial score (nSPS) is 13.0. The first-order chi connectivity index (χ1) is 12.7. The predicted octanol–water partition coefficient (Wildman–Crippen LogP) is -5.81. The van der Waals surface area contributed by atoms with Crippen molar-refractivity contribution in [2.45, 2.75) is 19.6 Å². The first kappa shape index (κ1) is 27.7. The second-order valence-corrected chi connectivity index (χ2v) is 9.21. The van der Waals surface area contributed by atoms with Gasteiger partial charge in [0.2, 0.25) is 0 Å². The summed E-state index contributed by atoms with van der Waals surface area (Å²) in [5, 5.41) is 20.3. The molecule has 0 unspecified atom stereocenters. The minimum Gasteiger partial charge on any atom is -0.779 e. The average Bonchev–Trinajstić information content (AvgIpc) is 2.53. The van der Waals surface area contributed by atoms with E-state index in [0.717, 1.165) is 0 Å². The summed E-state index contributed by atoms with van der Waals surface area (Å²) in [6.07, 6.45) is 0. The number of carbonyl (C=O) groups excluding carboxylic acids is 2. The van der Waals surface area contributed by atoms with E-state index in [0.29, 0.717) is 12.1 Å². The van der Waals surface area contributed by atoms with Gasteiger partial charge in [0.25, 0.3) is 20.2 Å². The molecule has 148 valence electrons. The van der Waals surface area contributed by atoms with Gasteiger partial charge >= 0.3 is 59.1 Å². The number of hydrogen-bond donors (Lipinski definition) is 4. The van der Waals surface area contributed by atoms with Gasteiger partial charge in [-0.3, -0.25) is 18.7 Å². The van der Waals surface area contributed by atoms with E-state index in [9.17, 15) is 45.7 Å². The van der Waals surface area contributed by atoms with Crippen LogP contribution in [-0.4, -0.2) is 47.7 Å². The number of phenolic OH excluding ortho intramolecular Hbond substituents is 2. The minimum atomic E-state index is -5.02. The van der Waals surface area contributed by atoms with E-state index < -0.39 is 85.1 Å². The molecular formula is C14H6Na2O10S4. The summed E-state index contributed by atoms with van der Waals surface area (Å²) in [6.45, 7) is 0. The molecule has 10 nitrogen and oxygen atoms in total. The summed E-state index contributed by atoms with van der Waals surface area (Å²) in [6, 6.07) is 1.10. The van der Waals surface area contributed by atoms with Gasteiger partial charge in [0.15, 0.2) is 11.6 Å². The van der Waals surface area contributed by atoms with Crippen molar-refractivity contribution in [1.29, 1.82) is 0 Å². The largest absolute Gasteiger partial charge is 1.00 e. The molecule has 0 saturated heterocycles. The zero-order valence-electron chi connectivity index (χ0n) is 15.0. The van der Waals surface area contributed by atoms with Gasteiger partial charge in [-0.25, -0.2) is 0 Å². The van der Waals surface area contributed by atoms with Gasteiger partial charge in [-0.2, -0.15) is 26.6 Å². The van der Waals surface area contributed by atoms with Crippen LogP contribution in [0.25, 0.3) is 0 Å². The molecule has 0 aliphatic heterocycles. The van der Waals surface area contributed by atoms with Crippen molar-refractivity contribution < 1.29 is 105 Å². The summed E-state index contributed by atoms with van der Waals surface area (Å²) < 4.78 is 64.0.